The molecule has 1 fully saturated rings. The van der Waals surface area contributed by atoms with E-state index in [1.54, 1.807) is 38.5 Å². The Labute approximate surface area is 195 Å². The molecule has 0 saturated carbocycles. The van der Waals surface area contributed by atoms with Crippen molar-refractivity contribution < 1.29 is 27.4 Å². The van der Waals surface area contributed by atoms with Gasteiger partial charge in [0, 0.05) is 32.7 Å². The molecule has 1 aliphatic heterocycles. The molecule has 3 rings (SSSR count). The fourth-order valence-corrected chi connectivity index (χ4v) is 5.09. The lowest BCUT2D eigenvalue weighted by Gasteiger charge is -2.33. The molecule has 0 atom stereocenters. The van der Waals surface area contributed by atoms with Gasteiger partial charge < -0.3 is 19.5 Å². The zero-order valence-electron chi connectivity index (χ0n) is 19.2. The summed E-state index contributed by atoms with van der Waals surface area (Å²) in [4.78, 5) is 14.5. The number of sulfonamides is 1. The van der Waals surface area contributed by atoms with E-state index in [-0.39, 0.29) is 17.3 Å². The first-order chi connectivity index (χ1) is 15.9. The highest BCUT2D eigenvalue weighted by Gasteiger charge is 2.29. The molecule has 0 spiro atoms. The first-order valence-corrected chi connectivity index (χ1v) is 12.2. The molecule has 1 saturated heterocycles. The summed E-state index contributed by atoms with van der Waals surface area (Å²) in [7, 11) is 1.15. The number of hydrogen-bond donors (Lipinski definition) is 1. The molecule has 0 bridgehead atoms. The lowest BCUT2D eigenvalue weighted by molar-refractivity contribution is -0.122. The molecule has 1 aliphatic rings. The van der Waals surface area contributed by atoms with Crippen molar-refractivity contribution in [2.24, 2.45) is 0 Å². The van der Waals surface area contributed by atoms with E-state index in [4.69, 9.17) is 14.2 Å². The van der Waals surface area contributed by atoms with Crippen molar-refractivity contribution in [1.29, 1.82) is 0 Å². The van der Waals surface area contributed by atoms with E-state index in [1.165, 1.54) is 11.4 Å². The van der Waals surface area contributed by atoms with Gasteiger partial charge in [-0.1, -0.05) is 6.07 Å². The van der Waals surface area contributed by atoms with Crippen LogP contribution in [0.25, 0.3) is 0 Å². The molecule has 2 aromatic carbocycles. The average Bonchev–Trinajstić information content (AvgIpc) is 2.84. The predicted octanol–water partition coefficient (Wildman–Crippen LogP) is 1.38. The van der Waals surface area contributed by atoms with Crippen LogP contribution in [0.4, 0.5) is 0 Å². The minimum atomic E-state index is -3.56. The summed E-state index contributed by atoms with van der Waals surface area (Å²) in [5, 5.41) is 2.93. The number of carbonyl (C=O) groups is 1. The second-order valence-electron chi connectivity index (χ2n) is 7.65. The Hall–Kier alpha value is -2.82. The molecule has 1 heterocycles. The predicted molar refractivity (Wildman–Crippen MR) is 124 cm³/mol. The molecule has 10 heteroatoms. The van der Waals surface area contributed by atoms with Crippen LogP contribution in [0.5, 0.6) is 17.2 Å². The highest BCUT2D eigenvalue weighted by Crippen LogP contribution is 2.27. The Balaban J connectivity index is 1.43. The molecule has 9 nitrogen and oxygen atoms in total. The molecule has 33 heavy (non-hydrogen) atoms. The molecule has 1 amide bonds. The van der Waals surface area contributed by atoms with Gasteiger partial charge in [-0.2, -0.15) is 4.31 Å². The van der Waals surface area contributed by atoms with Gasteiger partial charge in [0.25, 0.3) is 0 Å². The third kappa shape index (κ3) is 6.37. The Morgan fingerprint density at radius 3 is 2.18 bits per heavy atom. The summed E-state index contributed by atoms with van der Waals surface area (Å²) in [6.07, 6.45) is 0.667. The van der Waals surface area contributed by atoms with Crippen molar-refractivity contribution in [2.45, 2.75) is 11.3 Å². The summed E-state index contributed by atoms with van der Waals surface area (Å²) in [6.45, 7) is 2.42. The zero-order valence-corrected chi connectivity index (χ0v) is 20.1. The fourth-order valence-electron chi connectivity index (χ4n) is 3.67. The number of ether oxygens (including phenoxy) is 3. The van der Waals surface area contributed by atoms with E-state index in [1.807, 2.05) is 23.1 Å². The maximum Gasteiger partial charge on any atom is 0.243 e. The highest BCUT2D eigenvalue weighted by atomic mass is 32.2. The molecular formula is C23H31N3O6S. The lowest BCUT2D eigenvalue weighted by atomic mass is 10.1. The van der Waals surface area contributed by atoms with Crippen LogP contribution < -0.4 is 19.5 Å². The van der Waals surface area contributed by atoms with E-state index in [0.717, 1.165) is 5.56 Å². The van der Waals surface area contributed by atoms with Gasteiger partial charge in [-0.25, -0.2) is 8.42 Å². The number of amides is 1. The average molecular weight is 478 g/mol. The molecular weight excluding hydrogens is 446 g/mol. The van der Waals surface area contributed by atoms with Gasteiger partial charge in [-0.15, -0.1) is 0 Å². The highest BCUT2D eigenvalue weighted by molar-refractivity contribution is 7.89. The van der Waals surface area contributed by atoms with Crippen molar-refractivity contribution in [3.63, 3.8) is 0 Å². The van der Waals surface area contributed by atoms with E-state index >= 15 is 0 Å². The van der Waals surface area contributed by atoms with E-state index in [2.05, 4.69) is 5.32 Å². The standard InChI is InChI=1S/C23H31N3O6S/c1-30-19-5-7-20(8-6-19)33(28,29)26-14-12-25(13-15-26)17-23(27)24-11-10-18-4-9-21(31-2)22(16-18)32-3/h4-9,16H,10-15,17H2,1-3H3,(H,24,27). The van der Waals surface area contributed by atoms with Crippen molar-refractivity contribution in [1.82, 2.24) is 14.5 Å². The maximum atomic E-state index is 12.8. The fraction of sp³-hybridized carbons (Fsp3) is 0.435. The van der Waals surface area contributed by atoms with Gasteiger partial charge in [-0.05, 0) is 48.4 Å². The van der Waals surface area contributed by atoms with Crippen LogP contribution in [0.3, 0.4) is 0 Å². The Kier molecular flexibility index (Phi) is 8.54. The molecule has 0 aliphatic carbocycles. The van der Waals surface area contributed by atoms with Gasteiger partial charge in [-0.3, -0.25) is 9.69 Å². The summed E-state index contributed by atoms with van der Waals surface area (Å²) < 4.78 is 42.8. The van der Waals surface area contributed by atoms with E-state index in [9.17, 15) is 13.2 Å². The van der Waals surface area contributed by atoms with Crippen LogP contribution in [0.1, 0.15) is 5.56 Å². The summed E-state index contributed by atoms with van der Waals surface area (Å²) >= 11 is 0. The van der Waals surface area contributed by atoms with Gasteiger partial charge in [0.2, 0.25) is 15.9 Å². The smallest absolute Gasteiger partial charge is 0.243 e. The Bertz CT molecular complexity index is 1030. The summed E-state index contributed by atoms with van der Waals surface area (Å²) in [5.74, 6) is 1.85. The Morgan fingerprint density at radius 2 is 1.58 bits per heavy atom. The largest absolute Gasteiger partial charge is 0.497 e. The number of nitrogens with one attached hydrogen (secondary N) is 1. The zero-order chi connectivity index (χ0) is 23.8. The van der Waals surface area contributed by atoms with Crippen LogP contribution in [0, 0.1) is 0 Å². The minimum Gasteiger partial charge on any atom is -0.497 e. The third-order valence-electron chi connectivity index (χ3n) is 5.58. The molecule has 0 radical (unpaired) electrons. The number of benzene rings is 2. The van der Waals surface area contributed by atoms with E-state index in [0.29, 0.717) is 56.4 Å². The number of nitrogens with zero attached hydrogens (tertiary/aromatic N) is 2. The topological polar surface area (TPSA) is 97.4 Å². The van der Waals surface area contributed by atoms with Crippen LogP contribution in [-0.4, -0.2) is 84.1 Å². The number of piperazine rings is 1. The summed E-state index contributed by atoms with van der Waals surface area (Å²) in [6, 6.07) is 12.0. The van der Waals surface area contributed by atoms with Crippen LogP contribution in [0.2, 0.25) is 0 Å². The number of rotatable bonds is 10. The van der Waals surface area contributed by atoms with Gasteiger partial charge in [0.1, 0.15) is 5.75 Å². The first-order valence-electron chi connectivity index (χ1n) is 10.7. The number of carbonyl (C=O) groups excluding carboxylic acids is 1. The van der Waals surface area contributed by atoms with Crippen molar-refractivity contribution >= 4 is 15.9 Å². The van der Waals surface area contributed by atoms with Gasteiger partial charge >= 0.3 is 0 Å². The van der Waals surface area contributed by atoms with Crippen molar-refractivity contribution in [3.8, 4) is 17.2 Å². The van der Waals surface area contributed by atoms with Crippen LogP contribution in [0.15, 0.2) is 47.4 Å². The molecule has 1 N–H and O–H groups in total. The molecule has 0 aromatic heterocycles. The monoisotopic (exact) mass is 477 g/mol. The van der Waals surface area contributed by atoms with Gasteiger partial charge in [0.05, 0.1) is 32.8 Å². The number of methoxy groups -OCH3 is 3. The number of hydrogen-bond acceptors (Lipinski definition) is 7. The first kappa shape index (κ1) is 24.8. The molecule has 0 unspecified atom stereocenters. The van der Waals surface area contributed by atoms with Gasteiger partial charge in [0.15, 0.2) is 11.5 Å². The van der Waals surface area contributed by atoms with Crippen molar-refractivity contribution in [2.75, 3.05) is 60.6 Å². The second-order valence-corrected chi connectivity index (χ2v) is 9.58. The Morgan fingerprint density at radius 1 is 0.909 bits per heavy atom. The van der Waals surface area contributed by atoms with Crippen LogP contribution >= 0.6 is 0 Å². The third-order valence-corrected chi connectivity index (χ3v) is 7.49. The van der Waals surface area contributed by atoms with Crippen molar-refractivity contribution in [3.05, 3.63) is 48.0 Å². The normalized spacial score (nSPS) is 15.1. The minimum absolute atomic E-state index is 0.0815. The maximum absolute atomic E-state index is 12.8. The molecule has 2 aromatic rings. The quantitative estimate of drug-likeness (QED) is 0.552. The SMILES string of the molecule is COc1ccc(S(=O)(=O)N2CCN(CC(=O)NCCc3ccc(OC)c(OC)c3)CC2)cc1. The van der Waals surface area contributed by atoms with Crippen LogP contribution in [-0.2, 0) is 21.2 Å². The molecule has 180 valence electrons. The second kappa shape index (κ2) is 11.4. The van der Waals surface area contributed by atoms with E-state index < -0.39 is 10.0 Å². The summed E-state index contributed by atoms with van der Waals surface area (Å²) in [5.41, 5.74) is 1.03. The lowest BCUT2D eigenvalue weighted by Crippen LogP contribution is -2.51.